The van der Waals surface area contributed by atoms with Gasteiger partial charge in [0.1, 0.15) is 5.60 Å². The summed E-state index contributed by atoms with van der Waals surface area (Å²) in [5, 5.41) is 12.5. The number of aliphatic hydroxyl groups excluding tert-OH is 1. The van der Waals surface area contributed by atoms with Gasteiger partial charge in [0.25, 0.3) is 0 Å². The van der Waals surface area contributed by atoms with E-state index in [1.807, 2.05) is 27.7 Å². The van der Waals surface area contributed by atoms with Gasteiger partial charge in [-0.3, -0.25) is 0 Å². The molecule has 4 nitrogen and oxygen atoms in total. The fraction of sp³-hybridized carbons (Fsp3) is 0.611. The van der Waals surface area contributed by atoms with E-state index in [9.17, 15) is 9.90 Å². The number of rotatable bonds is 6. The molecular weight excluding hydrogens is 278 g/mol. The molecule has 1 atom stereocenters. The minimum absolute atomic E-state index is 0.00166. The number of hydrogen-bond donors (Lipinski definition) is 2. The lowest BCUT2D eigenvalue weighted by Crippen LogP contribution is -2.41. The molecule has 1 aromatic rings. The molecule has 0 aliphatic heterocycles. The second-order valence-corrected chi connectivity index (χ2v) is 7.17. The van der Waals surface area contributed by atoms with Crippen molar-refractivity contribution in [2.24, 2.45) is 5.41 Å². The number of benzene rings is 1. The number of hydrogen-bond acceptors (Lipinski definition) is 3. The van der Waals surface area contributed by atoms with Crippen LogP contribution in [0.1, 0.15) is 45.7 Å². The van der Waals surface area contributed by atoms with Crippen molar-refractivity contribution in [1.29, 1.82) is 0 Å². The van der Waals surface area contributed by atoms with Crippen molar-refractivity contribution in [3.63, 3.8) is 0 Å². The molecule has 0 radical (unpaired) electrons. The fourth-order valence-electron chi connectivity index (χ4n) is 2.16. The first-order valence-corrected chi connectivity index (χ1v) is 7.83. The molecule has 4 heteroatoms. The molecule has 0 aliphatic rings. The Kier molecular flexibility index (Phi) is 6.42. The predicted octanol–water partition coefficient (Wildman–Crippen LogP) is 3.31. The Labute approximate surface area is 133 Å². The van der Waals surface area contributed by atoms with Gasteiger partial charge in [0.05, 0.1) is 6.61 Å². The van der Waals surface area contributed by atoms with Gasteiger partial charge in [-0.25, -0.2) is 4.79 Å². The molecule has 124 valence electrons. The minimum Gasteiger partial charge on any atom is -0.444 e. The van der Waals surface area contributed by atoms with Crippen LogP contribution in [-0.2, 0) is 17.6 Å². The van der Waals surface area contributed by atoms with Crippen LogP contribution in [0.15, 0.2) is 24.3 Å². The van der Waals surface area contributed by atoms with Gasteiger partial charge < -0.3 is 15.2 Å². The lowest BCUT2D eigenvalue weighted by Gasteiger charge is -2.28. The van der Waals surface area contributed by atoms with Crippen LogP contribution < -0.4 is 5.32 Å². The van der Waals surface area contributed by atoms with Crippen molar-refractivity contribution in [2.45, 2.75) is 53.1 Å². The molecule has 0 bridgehead atoms. The zero-order valence-electron chi connectivity index (χ0n) is 14.4. The topological polar surface area (TPSA) is 58.6 Å². The summed E-state index contributed by atoms with van der Waals surface area (Å²) in [7, 11) is 0. The van der Waals surface area contributed by atoms with E-state index in [0.717, 1.165) is 12.0 Å². The first kappa shape index (κ1) is 18.5. The second-order valence-electron chi connectivity index (χ2n) is 7.17. The van der Waals surface area contributed by atoms with Crippen molar-refractivity contribution in [3.8, 4) is 0 Å². The molecular formula is C18H29NO3. The zero-order valence-corrected chi connectivity index (χ0v) is 14.4. The quantitative estimate of drug-likeness (QED) is 0.847. The molecule has 0 spiro atoms. The van der Waals surface area contributed by atoms with Gasteiger partial charge in [0.15, 0.2) is 0 Å². The molecule has 0 heterocycles. The lowest BCUT2D eigenvalue weighted by atomic mass is 9.84. The summed E-state index contributed by atoms with van der Waals surface area (Å²) < 4.78 is 5.23. The van der Waals surface area contributed by atoms with Crippen LogP contribution in [0.25, 0.3) is 0 Å². The molecule has 0 saturated heterocycles. The number of aryl methyl sites for hydroxylation is 1. The van der Waals surface area contributed by atoms with Crippen molar-refractivity contribution in [1.82, 2.24) is 5.32 Å². The zero-order chi connectivity index (χ0) is 16.8. The maximum Gasteiger partial charge on any atom is 0.407 e. The molecule has 1 rings (SSSR count). The van der Waals surface area contributed by atoms with Gasteiger partial charge in [-0.05, 0) is 44.7 Å². The molecule has 0 fully saturated rings. The largest absolute Gasteiger partial charge is 0.444 e. The van der Waals surface area contributed by atoms with Crippen molar-refractivity contribution >= 4 is 6.09 Å². The summed E-state index contributed by atoms with van der Waals surface area (Å²) in [6, 6.07) is 8.38. The molecule has 0 aliphatic carbocycles. The Morgan fingerprint density at radius 2 is 1.68 bits per heavy atom. The smallest absolute Gasteiger partial charge is 0.407 e. The number of aliphatic hydroxyl groups is 1. The van der Waals surface area contributed by atoms with E-state index in [2.05, 4.69) is 36.5 Å². The van der Waals surface area contributed by atoms with Crippen molar-refractivity contribution in [2.75, 3.05) is 13.2 Å². The standard InChI is InChI=1S/C18H29NO3/c1-6-14-7-9-15(10-8-14)11-18(5,13-20)12-19-16(21)22-17(2,3)4/h7-10,20H,6,11-13H2,1-5H3,(H,19,21). The Balaban J connectivity index is 2.61. The van der Waals surface area contributed by atoms with Crippen molar-refractivity contribution in [3.05, 3.63) is 35.4 Å². The third kappa shape index (κ3) is 6.48. The Hall–Kier alpha value is -1.55. The van der Waals surface area contributed by atoms with E-state index in [0.29, 0.717) is 13.0 Å². The molecule has 0 aromatic heterocycles. The van der Waals surface area contributed by atoms with Gasteiger partial charge in [0, 0.05) is 12.0 Å². The van der Waals surface area contributed by atoms with Gasteiger partial charge in [-0.1, -0.05) is 38.1 Å². The highest BCUT2D eigenvalue weighted by molar-refractivity contribution is 5.67. The Morgan fingerprint density at radius 3 is 2.14 bits per heavy atom. The Morgan fingerprint density at radius 1 is 1.14 bits per heavy atom. The average Bonchev–Trinajstić information content (AvgIpc) is 2.44. The summed E-state index contributed by atoms with van der Waals surface area (Å²) in [6.07, 6.45) is 1.26. The van der Waals surface area contributed by atoms with Crippen LogP contribution in [0.3, 0.4) is 0 Å². The van der Waals surface area contributed by atoms with E-state index in [1.165, 1.54) is 5.56 Å². The van der Waals surface area contributed by atoms with E-state index in [1.54, 1.807) is 0 Å². The monoisotopic (exact) mass is 307 g/mol. The maximum atomic E-state index is 11.7. The number of carbonyl (C=O) groups is 1. The van der Waals surface area contributed by atoms with E-state index >= 15 is 0 Å². The van der Waals surface area contributed by atoms with E-state index in [4.69, 9.17) is 4.74 Å². The maximum absolute atomic E-state index is 11.7. The highest BCUT2D eigenvalue weighted by Crippen LogP contribution is 2.22. The van der Waals surface area contributed by atoms with Crippen LogP contribution in [0.5, 0.6) is 0 Å². The van der Waals surface area contributed by atoms with Gasteiger partial charge >= 0.3 is 6.09 Å². The molecule has 1 aromatic carbocycles. The normalized spacial score (nSPS) is 14.3. The first-order valence-electron chi connectivity index (χ1n) is 7.83. The van der Waals surface area contributed by atoms with Crippen LogP contribution in [0, 0.1) is 5.41 Å². The SMILES string of the molecule is CCc1ccc(CC(C)(CO)CNC(=O)OC(C)(C)C)cc1. The second kappa shape index (κ2) is 7.63. The number of carbonyl (C=O) groups excluding carboxylic acids is 1. The average molecular weight is 307 g/mol. The van der Waals surface area contributed by atoms with Gasteiger partial charge in [-0.15, -0.1) is 0 Å². The summed E-state index contributed by atoms with van der Waals surface area (Å²) in [5.41, 5.74) is 1.52. The summed E-state index contributed by atoms with van der Waals surface area (Å²) in [4.78, 5) is 11.7. The number of ether oxygens (including phenoxy) is 1. The summed E-state index contributed by atoms with van der Waals surface area (Å²) >= 11 is 0. The molecule has 2 N–H and O–H groups in total. The van der Waals surface area contributed by atoms with Crippen LogP contribution >= 0.6 is 0 Å². The summed E-state index contributed by atoms with van der Waals surface area (Å²) in [6.45, 7) is 9.93. The van der Waals surface area contributed by atoms with Gasteiger partial charge in [-0.2, -0.15) is 0 Å². The third-order valence-electron chi connectivity index (χ3n) is 3.50. The number of amides is 1. The molecule has 0 saturated carbocycles. The number of nitrogens with one attached hydrogen (secondary N) is 1. The van der Waals surface area contributed by atoms with E-state index < -0.39 is 17.1 Å². The molecule has 1 amide bonds. The fourth-order valence-corrected chi connectivity index (χ4v) is 2.16. The molecule has 1 unspecified atom stereocenters. The Bertz CT molecular complexity index is 476. The third-order valence-corrected chi connectivity index (χ3v) is 3.50. The van der Waals surface area contributed by atoms with Crippen molar-refractivity contribution < 1.29 is 14.6 Å². The first-order chi connectivity index (χ1) is 10.2. The van der Waals surface area contributed by atoms with E-state index in [-0.39, 0.29) is 6.61 Å². The minimum atomic E-state index is -0.518. The van der Waals surface area contributed by atoms with Gasteiger partial charge in [0.2, 0.25) is 0 Å². The highest BCUT2D eigenvalue weighted by atomic mass is 16.6. The van der Waals surface area contributed by atoms with Crippen LogP contribution in [0.2, 0.25) is 0 Å². The molecule has 22 heavy (non-hydrogen) atoms. The lowest BCUT2D eigenvalue weighted by molar-refractivity contribution is 0.0478. The summed E-state index contributed by atoms with van der Waals surface area (Å²) in [5.74, 6) is 0. The van der Waals surface area contributed by atoms with Crippen LogP contribution in [0.4, 0.5) is 4.79 Å². The van der Waals surface area contributed by atoms with Crippen LogP contribution in [-0.4, -0.2) is 30.0 Å². The highest BCUT2D eigenvalue weighted by Gasteiger charge is 2.26. The number of alkyl carbamates (subject to hydrolysis) is 1. The predicted molar refractivity (Wildman–Crippen MR) is 89.0 cm³/mol.